The van der Waals surface area contributed by atoms with E-state index in [0.29, 0.717) is 10.9 Å². The molecule has 0 saturated carbocycles. The lowest BCUT2D eigenvalue weighted by molar-refractivity contribution is 0.553. The van der Waals surface area contributed by atoms with Gasteiger partial charge < -0.3 is 5.73 Å². The number of hydrogen-bond acceptors (Lipinski definition) is 4. The smallest absolute Gasteiger partial charge is 0.241 e. The van der Waals surface area contributed by atoms with Crippen LogP contribution in [-0.2, 0) is 10.0 Å². The van der Waals surface area contributed by atoms with Crippen LogP contribution in [0, 0.1) is 6.92 Å². The van der Waals surface area contributed by atoms with Gasteiger partial charge in [0.1, 0.15) is 0 Å². The summed E-state index contributed by atoms with van der Waals surface area (Å²) in [5.74, 6) is 0. The largest absolute Gasteiger partial charge is 0.327 e. The number of sulfonamides is 1. The van der Waals surface area contributed by atoms with Crippen molar-refractivity contribution in [3.63, 3.8) is 0 Å². The Morgan fingerprint density at radius 3 is 2.81 bits per heavy atom. The fourth-order valence-electron chi connectivity index (χ4n) is 2.29. The van der Waals surface area contributed by atoms with Gasteiger partial charge in [0.25, 0.3) is 0 Å². The fourth-order valence-corrected chi connectivity index (χ4v) is 3.58. The van der Waals surface area contributed by atoms with Crippen molar-refractivity contribution in [3.8, 4) is 0 Å². The molecule has 0 radical (unpaired) electrons. The van der Waals surface area contributed by atoms with Crippen LogP contribution in [0.25, 0.3) is 10.9 Å². The molecule has 0 aliphatic carbocycles. The second-order valence-corrected chi connectivity index (χ2v) is 6.92. The molecule has 0 amide bonds. The van der Waals surface area contributed by atoms with E-state index >= 15 is 0 Å². The van der Waals surface area contributed by atoms with Gasteiger partial charge in [0.05, 0.1) is 10.4 Å². The van der Waals surface area contributed by atoms with Gasteiger partial charge in [-0.1, -0.05) is 19.4 Å². The minimum absolute atomic E-state index is 0.167. The van der Waals surface area contributed by atoms with Crippen LogP contribution >= 0.6 is 0 Å². The average Bonchev–Trinajstić information content (AvgIpc) is 2.46. The zero-order valence-electron chi connectivity index (χ0n) is 12.3. The second kappa shape index (κ2) is 6.51. The van der Waals surface area contributed by atoms with Crippen molar-refractivity contribution in [3.05, 3.63) is 36.0 Å². The molecule has 1 aromatic heterocycles. The van der Waals surface area contributed by atoms with Crippen LogP contribution in [0.1, 0.15) is 25.3 Å². The molecule has 21 heavy (non-hydrogen) atoms. The SMILES string of the molecule is CCCC(N)CNS(=O)(=O)c1ccc(C)c2ncccc12. The summed E-state index contributed by atoms with van der Waals surface area (Å²) >= 11 is 0. The zero-order chi connectivity index (χ0) is 15.5. The number of nitrogens with one attached hydrogen (secondary N) is 1. The summed E-state index contributed by atoms with van der Waals surface area (Å²) in [5, 5.41) is 0.633. The quantitative estimate of drug-likeness (QED) is 0.854. The van der Waals surface area contributed by atoms with Crippen molar-refractivity contribution in [1.82, 2.24) is 9.71 Å². The summed E-state index contributed by atoms with van der Waals surface area (Å²) in [4.78, 5) is 4.51. The number of fused-ring (bicyclic) bond motifs is 1. The lowest BCUT2D eigenvalue weighted by atomic mass is 10.1. The Morgan fingerprint density at radius 1 is 1.33 bits per heavy atom. The Hall–Kier alpha value is -1.50. The Bertz CT molecular complexity index is 729. The highest BCUT2D eigenvalue weighted by molar-refractivity contribution is 7.89. The highest BCUT2D eigenvalue weighted by Crippen LogP contribution is 2.23. The summed E-state index contributed by atoms with van der Waals surface area (Å²) in [6.07, 6.45) is 3.38. The predicted octanol–water partition coefficient (Wildman–Crippen LogP) is 1.95. The molecule has 0 spiro atoms. The first-order valence-electron chi connectivity index (χ1n) is 7.05. The molecule has 3 N–H and O–H groups in total. The minimum atomic E-state index is -3.59. The topological polar surface area (TPSA) is 85.1 Å². The van der Waals surface area contributed by atoms with Crippen LogP contribution in [0.2, 0.25) is 0 Å². The molecule has 1 aromatic carbocycles. The molecule has 114 valence electrons. The molecule has 0 saturated heterocycles. The number of hydrogen-bond donors (Lipinski definition) is 2. The van der Waals surface area contributed by atoms with Crippen molar-refractivity contribution < 1.29 is 8.42 Å². The molecule has 5 nitrogen and oxygen atoms in total. The summed E-state index contributed by atoms with van der Waals surface area (Å²) in [7, 11) is -3.59. The predicted molar refractivity (Wildman–Crippen MR) is 84.6 cm³/mol. The molecule has 1 heterocycles. The number of aryl methyl sites for hydroxylation is 1. The molecule has 2 aromatic rings. The van der Waals surface area contributed by atoms with Gasteiger partial charge >= 0.3 is 0 Å². The first-order valence-corrected chi connectivity index (χ1v) is 8.53. The number of aromatic nitrogens is 1. The number of benzene rings is 1. The summed E-state index contributed by atoms with van der Waals surface area (Å²) in [6, 6.07) is 6.74. The Kier molecular flexibility index (Phi) is 4.92. The summed E-state index contributed by atoms with van der Waals surface area (Å²) < 4.78 is 27.5. The zero-order valence-corrected chi connectivity index (χ0v) is 13.2. The van der Waals surface area contributed by atoms with Gasteiger partial charge in [0.15, 0.2) is 0 Å². The van der Waals surface area contributed by atoms with Crippen LogP contribution in [-0.4, -0.2) is 26.0 Å². The molecule has 0 fully saturated rings. The van der Waals surface area contributed by atoms with Gasteiger partial charge in [0.2, 0.25) is 10.0 Å². The maximum Gasteiger partial charge on any atom is 0.241 e. The molecule has 0 bridgehead atoms. The van der Waals surface area contributed by atoms with E-state index in [2.05, 4.69) is 9.71 Å². The molecule has 0 aliphatic heterocycles. The summed E-state index contributed by atoms with van der Waals surface area (Å²) in [5.41, 5.74) is 7.52. The fraction of sp³-hybridized carbons (Fsp3) is 0.400. The third-order valence-corrected chi connectivity index (χ3v) is 4.90. The van der Waals surface area contributed by atoms with E-state index in [-0.39, 0.29) is 17.5 Å². The molecular weight excluding hydrogens is 286 g/mol. The van der Waals surface area contributed by atoms with Crippen LogP contribution in [0.5, 0.6) is 0 Å². The van der Waals surface area contributed by atoms with E-state index in [1.807, 2.05) is 13.8 Å². The minimum Gasteiger partial charge on any atom is -0.327 e. The van der Waals surface area contributed by atoms with Gasteiger partial charge in [-0.3, -0.25) is 4.98 Å². The van der Waals surface area contributed by atoms with Crippen LogP contribution in [0.4, 0.5) is 0 Å². The molecule has 1 atom stereocenters. The number of pyridine rings is 1. The third kappa shape index (κ3) is 3.58. The highest BCUT2D eigenvalue weighted by atomic mass is 32.2. The van der Waals surface area contributed by atoms with Crippen molar-refractivity contribution in [2.24, 2.45) is 5.73 Å². The van der Waals surface area contributed by atoms with Gasteiger partial charge in [-0.2, -0.15) is 0 Å². The van der Waals surface area contributed by atoms with Gasteiger partial charge in [0, 0.05) is 24.2 Å². The lowest BCUT2D eigenvalue weighted by Crippen LogP contribution is -2.37. The monoisotopic (exact) mass is 307 g/mol. The Balaban J connectivity index is 2.35. The maximum atomic E-state index is 12.5. The van der Waals surface area contributed by atoms with Crippen molar-refractivity contribution in [2.45, 2.75) is 37.6 Å². The van der Waals surface area contributed by atoms with Crippen molar-refractivity contribution in [2.75, 3.05) is 6.54 Å². The van der Waals surface area contributed by atoms with E-state index < -0.39 is 10.0 Å². The van der Waals surface area contributed by atoms with Crippen LogP contribution in [0.15, 0.2) is 35.4 Å². The molecule has 0 aliphatic rings. The highest BCUT2D eigenvalue weighted by Gasteiger charge is 2.19. The maximum absolute atomic E-state index is 12.5. The van der Waals surface area contributed by atoms with Crippen LogP contribution in [0.3, 0.4) is 0 Å². The number of nitrogens with zero attached hydrogens (tertiary/aromatic N) is 1. The number of nitrogens with two attached hydrogens (primary N) is 1. The Labute approximate surface area is 125 Å². The average molecular weight is 307 g/mol. The van der Waals surface area contributed by atoms with Crippen LogP contribution < -0.4 is 10.5 Å². The first-order chi connectivity index (χ1) is 9.95. The van der Waals surface area contributed by atoms with E-state index in [9.17, 15) is 8.42 Å². The number of rotatable bonds is 6. The third-order valence-electron chi connectivity index (χ3n) is 3.42. The van der Waals surface area contributed by atoms with Gasteiger partial charge in [-0.25, -0.2) is 13.1 Å². The molecular formula is C15H21N3O2S. The van der Waals surface area contributed by atoms with E-state index in [1.54, 1.807) is 30.5 Å². The van der Waals surface area contributed by atoms with Crippen molar-refractivity contribution >= 4 is 20.9 Å². The van der Waals surface area contributed by atoms with E-state index in [1.165, 1.54) is 0 Å². The lowest BCUT2D eigenvalue weighted by Gasteiger charge is -2.13. The summed E-state index contributed by atoms with van der Waals surface area (Å²) in [6.45, 7) is 4.18. The first kappa shape index (κ1) is 15.9. The normalized spacial score (nSPS) is 13.5. The Morgan fingerprint density at radius 2 is 2.10 bits per heavy atom. The van der Waals surface area contributed by atoms with Gasteiger partial charge in [-0.05, 0) is 37.1 Å². The molecule has 2 rings (SSSR count). The van der Waals surface area contributed by atoms with Gasteiger partial charge in [-0.15, -0.1) is 0 Å². The van der Waals surface area contributed by atoms with E-state index in [0.717, 1.165) is 18.4 Å². The molecule has 1 unspecified atom stereocenters. The standard InChI is InChI=1S/C15H21N3O2S/c1-3-5-12(16)10-18-21(19,20)14-8-7-11(2)15-13(14)6-4-9-17-15/h4,6-9,12,18H,3,5,10,16H2,1-2H3. The van der Waals surface area contributed by atoms with E-state index in [4.69, 9.17) is 5.73 Å². The molecule has 6 heteroatoms. The van der Waals surface area contributed by atoms with Crippen molar-refractivity contribution in [1.29, 1.82) is 0 Å². The second-order valence-electron chi connectivity index (χ2n) is 5.18.